The molecule has 0 aromatic heterocycles. The quantitative estimate of drug-likeness (QED) is 0.536. The molecule has 1 aliphatic rings. The maximum Gasteiger partial charge on any atom is 0.328 e. The van der Waals surface area contributed by atoms with Crippen molar-refractivity contribution in [3.8, 4) is 0 Å². The van der Waals surface area contributed by atoms with Gasteiger partial charge in [0.15, 0.2) is 0 Å². The Kier molecular flexibility index (Phi) is 7.43. The van der Waals surface area contributed by atoms with Gasteiger partial charge < -0.3 is 9.84 Å². The minimum atomic E-state index is -0.922. The fraction of sp³-hybridized carbons (Fsp3) is 0.476. The average molecular weight is 330 g/mol. The van der Waals surface area contributed by atoms with E-state index < -0.39 is 5.97 Å². The minimum absolute atomic E-state index is 0.108. The molecule has 0 saturated carbocycles. The van der Waals surface area contributed by atoms with Crippen molar-refractivity contribution in [3.05, 3.63) is 58.7 Å². The molecule has 3 heteroatoms. The number of aliphatic carboxylic acids is 1. The van der Waals surface area contributed by atoms with Crippen LogP contribution in [0.1, 0.15) is 47.5 Å². The van der Waals surface area contributed by atoms with Gasteiger partial charge in [-0.2, -0.15) is 0 Å². The Morgan fingerprint density at radius 1 is 1.25 bits per heavy atom. The molecule has 1 aliphatic carbocycles. The van der Waals surface area contributed by atoms with Crippen LogP contribution in [0.2, 0.25) is 0 Å². The van der Waals surface area contributed by atoms with E-state index in [1.165, 1.54) is 17.2 Å². The van der Waals surface area contributed by atoms with Crippen LogP contribution in [0.3, 0.4) is 0 Å². The first-order chi connectivity index (χ1) is 11.2. The highest BCUT2D eigenvalue weighted by atomic mass is 16.5. The van der Waals surface area contributed by atoms with Crippen LogP contribution in [-0.4, -0.2) is 24.3 Å². The van der Waals surface area contributed by atoms with E-state index in [0.717, 1.165) is 18.4 Å². The molecule has 0 spiro atoms. The molecule has 0 radical (unpaired) electrons. The number of allylic oxidation sites excluding steroid dienone is 8. The largest absolute Gasteiger partial charge is 0.478 e. The summed E-state index contributed by atoms with van der Waals surface area (Å²) in [6.45, 7) is 10.5. The highest BCUT2D eigenvalue weighted by Gasteiger charge is 2.32. The summed E-state index contributed by atoms with van der Waals surface area (Å²) >= 11 is 0. The lowest BCUT2D eigenvalue weighted by Crippen LogP contribution is -2.29. The van der Waals surface area contributed by atoms with E-state index in [1.54, 1.807) is 20.1 Å². The standard InChI is InChI=1S/C21H30O3/c1-15(8-7-9-16(2)12-20(22)23)10-11-19-17(3)13-18(24-6)14-21(19,4)5/h7-12,18H,13-14H2,1-6H3,(H,22,23)/b9-7+,11-10+,15-8+,16-12-/t18-/m1/s1. The summed E-state index contributed by atoms with van der Waals surface area (Å²) in [7, 11) is 1.79. The zero-order valence-electron chi connectivity index (χ0n) is 15.7. The summed E-state index contributed by atoms with van der Waals surface area (Å²) < 4.78 is 5.55. The van der Waals surface area contributed by atoms with E-state index in [2.05, 4.69) is 32.9 Å². The topological polar surface area (TPSA) is 46.5 Å². The zero-order chi connectivity index (χ0) is 18.3. The number of methoxy groups -OCH3 is 1. The molecule has 0 aliphatic heterocycles. The van der Waals surface area contributed by atoms with Gasteiger partial charge in [-0.1, -0.05) is 55.4 Å². The minimum Gasteiger partial charge on any atom is -0.478 e. The number of ether oxygens (including phenoxy) is 1. The van der Waals surface area contributed by atoms with Gasteiger partial charge in [-0.05, 0) is 50.2 Å². The van der Waals surface area contributed by atoms with Gasteiger partial charge in [0.25, 0.3) is 0 Å². The van der Waals surface area contributed by atoms with Gasteiger partial charge in [0, 0.05) is 13.2 Å². The second kappa shape index (κ2) is 8.84. The van der Waals surface area contributed by atoms with E-state index in [4.69, 9.17) is 9.84 Å². The fourth-order valence-electron chi connectivity index (χ4n) is 3.18. The van der Waals surface area contributed by atoms with Gasteiger partial charge in [0.1, 0.15) is 0 Å². The second-order valence-corrected chi connectivity index (χ2v) is 7.17. The van der Waals surface area contributed by atoms with Crippen molar-refractivity contribution < 1.29 is 14.6 Å². The Labute approximate surface area is 146 Å². The smallest absolute Gasteiger partial charge is 0.328 e. The SMILES string of the molecule is CO[C@@H]1CC(C)=C(/C=C/C(C)=C/C=C/C(C)=C\C(=O)O)C(C)(C)C1. The van der Waals surface area contributed by atoms with Crippen molar-refractivity contribution >= 4 is 5.97 Å². The molecule has 132 valence electrons. The van der Waals surface area contributed by atoms with Gasteiger partial charge in [-0.3, -0.25) is 0 Å². The van der Waals surface area contributed by atoms with Crippen molar-refractivity contribution in [1.29, 1.82) is 0 Å². The predicted molar refractivity (Wildman–Crippen MR) is 99.9 cm³/mol. The van der Waals surface area contributed by atoms with Crippen molar-refractivity contribution in [2.24, 2.45) is 5.41 Å². The van der Waals surface area contributed by atoms with E-state index >= 15 is 0 Å². The third-order valence-corrected chi connectivity index (χ3v) is 4.38. The first-order valence-electron chi connectivity index (χ1n) is 8.33. The van der Waals surface area contributed by atoms with Crippen molar-refractivity contribution in [2.75, 3.05) is 7.11 Å². The molecule has 0 heterocycles. The molecule has 3 nitrogen and oxygen atoms in total. The summed E-state index contributed by atoms with van der Waals surface area (Å²) in [5.74, 6) is -0.922. The van der Waals surface area contributed by atoms with Gasteiger partial charge in [0.2, 0.25) is 0 Å². The molecule has 24 heavy (non-hydrogen) atoms. The summed E-state index contributed by atoms with van der Waals surface area (Å²) in [4.78, 5) is 10.6. The maximum absolute atomic E-state index is 10.6. The average Bonchev–Trinajstić information content (AvgIpc) is 2.44. The Balaban J connectivity index is 2.85. The monoisotopic (exact) mass is 330 g/mol. The van der Waals surface area contributed by atoms with Crippen LogP contribution in [-0.2, 0) is 9.53 Å². The Bertz CT molecular complexity index is 613. The molecule has 1 rings (SSSR count). The predicted octanol–water partition coefficient (Wildman–Crippen LogP) is 5.23. The van der Waals surface area contributed by atoms with Crippen molar-refractivity contribution in [3.63, 3.8) is 0 Å². The Morgan fingerprint density at radius 3 is 2.46 bits per heavy atom. The number of carboxylic acid groups (broad SMARTS) is 1. The van der Waals surface area contributed by atoms with Gasteiger partial charge in [0.05, 0.1) is 6.10 Å². The summed E-state index contributed by atoms with van der Waals surface area (Å²) in [6.07, 6.45) is 13.5. The van der Waals surface area contributed by atoms with Crippen LogP contribution in [0.5, 0.6) is 0 Å². The molecule has 1 N–H and O–H groups in total. The molecule has 0 fully saturated rings. The maximum atomic E-state index is 10.6. The first-order valence-corrected chi connectivity index (χ1v) is 8.33. The van der Waals surface area contributed by atoms with E-state index in [0.29, 0.717) is 11.7 Å². The normalized spacial score (nSPS) is 22.7. The van der Waals surface area contributed by atoms with Crippen LogP contribution in [0.4, 0.5) is 0 Å². The van der Waals surface area contributed by atoms with Crippen LogP contribution < -0.4 is 0 Å². The lowest BCUT2D eigenvalue weighted by Gasteiger charge is -2.37. The van der Waals surface area contributed by atoms with Crippen LogP contribution in [0.15, 0.2) is 58.7 Å². The number of carboxylic acids is 1. The Morgan fingerprint density at radius 2 is 1.92 bits per heavy atom. The zero-order valence-corrected chi connectivity index (χ0v) is 15.7. The molecule has 0 unspecified atom stereocenters. The second-order valence-electron chi connectivity index (χ2n) is 7.17. The summed E-state index contributed by atoms with van der Waals surface area (Å²) in [6, 6.07) is 0. The molecule has 1 atom stereocenters. The highest BCUT2D eigenvalue weighted by molar-refractivity contribution is 5.81. The van der Waals surface area contributed by atoms with Gasteiger partial charge in [-0.15, -0.1) is 0 Å². The molecule has 0 aromatic rings. The first kappa shape index (κ1) is 20.2. The number of rotatable bonds is 6. The van der Waals surface area contributed by atoms with Crippen LogP contribution in [0, 0.1) is 5.41 Å². The number of carbonyl (C=O) groups is 1. The molecule has 0 saturated heterocycles. The lowest BCUT2D eigenvalue weighted by atomic mass is 9.71. The molecule has 0 amide bonds. The Hall–Kier alpha value is -1.87. The third kappa shape index (κ3) is 6.32. The van der Waals surface area contributed by atoms with E-state index in [-0.39, 0.29) is 5.41 Å². The number of hydrogen-bond acceptors (Lipinski definition) is 2. The van der Waals surface area contributed by atoms with Crippen LogP contribution in [0.25, 0.3) is 0 Å². The van der Waals surface area contributed by atoms with E-state index in [1.807, 2.05) is 19.1 Å². The summed E-state index contributed by atoms with van der Waals surface area (Å²) in [5.41, 5.74) is 4.72. The lowest BCUT2D eigenvalue weighted by molar-refractivity contribution is -0.131. The number of hydrogen-bond donors (Lipinski definition) is 1. The van der Waals surface area contributed by atoms with Gasteiger partial charge >= 0.3 is 5.97 Å². The van der Waals surface area contributed by atoms with Gasteiger partial charge in [-0.25, -0.2) is 4.79 Å². The fourth-order valence-corrected chi connectivity index (χ4v) is 3.18. The van der Waals surface area contributed by atoms with Crippen molar-refractivity contribution in [2.45, 2.75) is 53.6 Å². The van der Waals surface area contributed by atoms with Crippen molar-refractivity contribution in [1.82, 2.24) is 0 Å². The molecular formula is C21H30O3. The molecular weight excluding hydrogens is 300 g/mol. The third-order valence-electron chi connectivity index (χ3n) is 4.38. The highest BCUT2D eigenvalue weighted by Crippen LogP contribution is 2.41. The molecule has 0 bridgehead atoms. The van der Waals surface area contributed by atoms with Crippen LogP contribution >= 0.6 is 0 Å². The molecule has 0 aromatic carbocycles. The summed E-state index contributed by atoms with van der Waals surface area (Å²) in [5, 5.41) is 8.68. The van der Waals surface area contributed by atoms with E-state index in [9.17, 15) is 4.79 Å².